The normalized spacial score (nSPS) is 13.0. The van der Waals surface area contributed by atoms with Gasteiger partial charge in [-0.2, -0.15) is 0 Å². The Morgan fingerprint density at radius 3 is 1.18 bits per heavy atom. The number of hydrogen-bond donors (Lipinski definition) is 1. The van der Waals surface area contributed by atoms with Crippen molar-refractivity contribution >= 4 is 5.97 Å². The Morgan fingerprint density at radius 2 is 0.789 bits per heavy atom. The Morgan fingerprint density at radius 1 is 0.439 bits per heavy atom. The quantitative estimate of drug-likeness (QED) is 0.0379. The summed E-state index contributed by atoms with van der Waals surface area (Å²) < 4.78 is 11.2. The summed E-state index contributed by atoms with van der Waals surface area (Å²) >= 11 is 0. The van der Waals surface area contributed by atoms with E-state index in [-0.39, 0.29) is 19.2 Å². The van der Waals surface area contributed by atoms with E-state index in [9.17, 15) is 9.90 Å². The summed E-state index contributed by atoms with van der Waals surface area (Å²) in [7, 11) is 0. The van der Waals surface area contributed by atoms with Crippen LogP contribution in [-0.4, -0.2) is 37.0 Å². The summed E-state index contributed by atoms with van der Waals surface area (Å²) in [5.74, 6) is -0.211. The molecular weight excluding hydrogens is 701 g/mol. The van der Waals surface area contributed by atoms with Crippen LogP contribution in [0.4, 0.5) is 0 Å². The van der Waals surface area contributed by atoms with E-state index in [0.29, 0.717) is 13.0 Å². The van der Waals surface area contributed by atoms with Gasteiger partial charge in [0.25, 0.3) is 0 Å². The van der Waals surface area contributed by atoms with E-state index in [2.05, 4.69) is 86.8 Å². The first-order chi connectivity index (χ1) is 28.2. The second-order valence-corrected chi connectivity index (χ2v) is 16.2. The van der Waals surface area contributed by atoms with Gasteiger partial charge in [-0.3, -0.25) is 4.79 Å². The Labute approximate surface area is 355 Å². The van der Waals surface area contributed by atoms with E-state index in [0.717, 1.165) is 77.0 Å². The maximum absolute atomic E-state index is 12.3. The molecule has 0 spiro atoms. The van der Waals surface area contributed by atoms with Crippen molar-refractivity contribution in [2.45, 2.75) is 238 Å². The van der Waals surface area contributed by atoms with Gasteiger partial charge >= 0.3 is 5.97 Å². The van der Waals surface area contributed by atoms with Crippen LogP contribution in [0.1, 0.15) is 232 Å². The highest BCUT2D eigenvalue weighted by Crippen LogP contribution is 2.16. The number of aliphatic hydroxyl groups excluding tert-OH is 1. The maximum atomic E-state index is 12.3. The van der Waals surface area contributed by atoms with Crippen LogP contribution in [-0.2, 0) is 14.3 Å². The van der Waals surface area contributed by atoms with Crippen molar-refractivity contribution in [3.63, 3.8) is 0 Å². The monoisotopic (exact) mass is 795 g/mol. The zero-order valence-corrected chi connectivity index (χ0v) is 37.8. The zero-order valence-electron chi connectivity index (χ0n) is 37.8. The average molecular weight is 795 g/mol. The molecule has 0 amide bonds. The van der Waals surface area contributed by atoms with Gasteiger partial charge in [-0.1, -0.05) is 234 Å². The van der Waals surface area contributed by atoms with Crippen molar-refractivity contribution in [3.8, 4) is 0 Å². The van der Waals surface area contributed by atoms with E-state index in [1.807, 2.05) is 0 Å². The van der Waals surface area contributed by atoms with Gasteiger partial charge in [-0.15, -0.1) is 0 Å². The molecule has 1 unspecified atom stereocenters. The van der Waals surface area contributed by atoms with E-state index in [1.165, 1.54) is 135 Å². The summed E-state index contributed by atoms with van der Waals surface area (Å²) in [5, 5.41) is 9.64. The summed E-state index contributed by atoms with van der Waals surface area (Å²) in [5.41, 5.74) is 0. The molecule has 4 heteroatoms. The minimum Gasteiger partial charge on any atom is -0.457 e. The second-order valence-electron chi connectivity index (χ2n) is 16.2. The summed E-state index contributed by atoms with van der Waals surface area (Å²) in [6.07, 6.45) is 68.5. The van der Waals surface area contributed by atoms with Crippen molar-refractivity contribution in [1.29, 1.82) is 0 Å². The molecule has 57 heavy (non-hydrogen) atoms. The van der Waals surface area contributed by atoms with Gasteiger partial charge in [0, 0.05) is 13.0 Å². The third kappa shape index (κ3) is 48.1. The first-order valence-electron chi connectivity index (χ1n) is 24.5. The smallest absolute Gasteiger partial charge is 0.306 e. The number of unbranched alkanes of at least 4 members (excludes halogenated alkanes) is 25. The minimum atomic E-state index is -0.555. The number of allylic oxidation sites excluding steroid dienone is 12. The number of carbonyl (C=O) groups is 1. The molecular formula is C53H94O4. The van der Waals surface area contributed by atoms with Crippen LogP contribution in [0.5, 0.6) is 0 Å². The summed E-state index contributed by atoms with van der Waals surface area (Å²) in [6.45, 7) is 5.18. The second kappa shape index (κ2) is 50.0. The van der Waals surface area contributed by atoms with Crippen LogP contribution < -0.4 is 0 Å². The maximum Gasteiger partial charge on any atom is 0.306 e. The zero-order chi connectivity index (χ0) is 41.2. The van der Waals surface area contributed by atoms with E-state index in [4.69, 9.17) is 9.47 Å². The number of aliphatic hydroxyl groups is 1. The Kier molecular flexibility index (Phi) is 48.1. The van der Waals surface area contributed by atoms with Gasteiger partial charge in [0.1, 0.15) is 6.10 Å². The van der Waals surface area contributed by atoms with Crippen LogP contribution in [0.3, 0.4) is 0 Å². The number of esters is 1. The lowest BCUT2D eigenvalue weighted by atomic mass is 10.0. The Hall–Kier alpha value is -2.17. The fraction of sp³-hybridized carbons (Fsp3) is 0.755. The number of hydrogen-bond acceptors (Lipinski definition) is 4. The number of ether oxygens (including phenoxy) is 2. The lowest BCUT2D eigenvalue weighted by Gasteiger charge is -2.15. The molecule has 1 N–H and O–H groups in total. The van der Waals surface area contributed by atoms with Crippen molar-refractivity contribution < 1.29 is 19.4 Å². The van der Waals surface area contributed by atoms with Crippen molar-refractivity contribution in [3.05, 3.63) is 72.9 Å². The third-order valence-electron chi connectivity index (χ3n) is 10.5. The van der Waals surface area contributed by atoms with Gasteiger partial charge < -0.3 is 14.6 Å². The fourth-order valence-corrected chi connectivity index (χ4v) is 6.92. The van der Waals surface area contributed by atoms with Gasteiger partial charge in [0.05, 0.1) is 13.2 Å². The molecule has 0 rings (SSSR count). The fourth-order valence-electron chi connectivity index (χ4n) is 6.92. The molecule has 0 aromatic carbocycles. The summed E-state index contributed by atoms with van der Waals surface area (Å²) in [6, 6.07) is 0. The van der Waals surface area contributed by atoms with Gasteiger partial charge in [0.2, 0.25) is 0 Å². The topological polar surface area (TPSA) is 55.8 Å². The standard InChI is InChI=1S/C53H94O4/c1-3-5-7-9-11-13-15-17-19-21-23-25-27-28-30-32-34-36-38-40-42-44-46-48-53(55)57-52(50-54)51-56-49-47-45-43-41-39-37-35-33-31-29-26-24-22-20-18-16-14-12-10-8-6-4-2/h6,8,12,14,18,20,24,26,31,33,37,39,52,54H,3-5,7,9-11,13,15-17,19,21-23,25,27-30,32,34-36,38,40-51H2,1-2H3/b8-6-,14-12-,20-18-,26-24-,33-31-,39-37-. The number of carbonyl (C=O) groups excluding carboxylic acids is 1. The van der Waals surface area contributed by atoms with Crippen LogP contribution >= 0.6 is 0 Å². The van der Waals surface area contributed by atoms with Crippen molar-refractivity contribution in [1.82, 2.24) is 0 Å². The van der Waals surface area contributed by atoms with E-state index >= 15 is 0 Å². The lowest BCUT2D eigenvalue weighted by molar-refractivity contribution is -0.154. The van der Waals surface area contributed by atoms with Gasteiger partial charge in [-0.05, 0) is 64.2 Å². The van der Waals surface area contributed by atoms with Crippen LogP contribution in [0, 0.1) is 0 Å². The molecule has 0 saturated carbocycles. The summed E-state index contributed by atoms with van der Waals surface area (Å²) in [4.78, 5) is 12.3. The molecule has 4 nitrogen and oxygen atoms in total. The molecule has 0 aromatic rings. The molecule has 330 valence electrons. The molecule has 1 atom stereocenters. The highest BCUT2D eigenvalue weighted by atomic mass is 16.6. The molecule has 0 fully saturated rings. The molecule has 0 aliphatic heterocycles. The Balaban J connectivity index is 3.48. The number of rotatable bonds is 45. The highest BCUT2D eigenvalue weighted by molar-refractivity contribution is 5.69. The largest absolute Gasteiger partial charge is 0.457 e. The highest BCUT2D eigenvalue weighted by Gasteiger charge is 2.13. The predicted octanol–water partition coefficient (Wildman–Crippen LogP) is 16.5. The van der Waals surface area contributed by atoms with Crippen molar-refractivity contribution in [2.75, 3.05) is 19.8 Å². The molecule has 0 aliphatic rings. The van der Waals surface area contributed by atoms with Crippen LogP contribution in [0.15, 0.2) is 72.9 Å². The average Bonchev–Trinajstić information content (AvgIpc) is 3.22. The molecule has 0 bridgehead atoms. The first kappa shape index (κ1) is 54.8. The van der Waals surface area contributed by atoms with Gasteiger partial charge in [0.15, 0.2) is 0 Å². The van der Waals surface area contributed by atoms with E-state index in [1.54, 1.807) is 0 Å². The Bertz CT molecular complexity index is 973. The molecule has 0 radical (unpaired) electrons. The van der Waals surface area contributed by atoms with Crippen LogP contribution in [0.2, 0.25) is 0 Å². The lowest BCUT2D eigenvalue weighted by Crippen LogP contribution is -2.27. The molecule has 0 aliphatic carbocycles. The molecule has 0 heterocycles. The van der Waals surface area contributed by atoms with Gasteiger partial charge in [-0.25, -0.2) is 0 Å². The third-order valence-corrected chi connectivity index (χ3v) is 10.5. The van der Waals surface area contributed by atoms with Crippen molar-refractivity contribution in [2.24, 2.45) is 0 Å². The van der Waals surface area contributed by atoms with E-state index < -0.39 is 6.10 Å². The molecule has 0 saturated heterocycles. The molecule has 0 aromatic heterocycles. The SMILES string of the molecule is CC/C=C\C/C=C\C/C=C\C/C=C\C/C=C\C/C=C\CCCCCOCC(CO)OC(=O)CCCCCCCCCCCCCCCCCCCCCCCCC. The first-order valence-corrected chi connectivity index (χ1v) is 24.5. The van der Waals surface area contributed by atoms with Crippen LogP contribution in [0.25, 0.3) is 0 Å². The minimum absolute atomic E-state index is 0.187. The predicted molar refractivity (Wildman–Crippen MR) is 251 cm³/mol.